The number of methoxy groups -OCH3 is 1. The minimum absolute atomic E-state index is 0.0693. The van der Waals surface area contributed by atoms with E-state index in [2.05, 4.69) is 9.97 Å². The first kappa shape index (κ1) is 14.9. The summed E-state index contributed by atoms with van der Waals surface area (Å²) in [5, 5.41) is 9.14. The molecule has 1 heterocycles. The number of aromatic carboxylic acids is 1. The van der Waals surface area contributed by atoms with Crippen molar-refractivity contribution >= 4 is 5.97 Å². The average Bonchev–Trinajstić information content (AvgIpc) is 2.47. The van der Waals surface area contributed by atoms with Crippen LogP contribution in [0.4, 0.5) is 4.39 Å². The van der Waals surface area contributed by atoms with Crippen LogP contribution in [0.25, 0.3) is 11.4 Å². The second-order valence-electron chi connectivity index (χ2n) is 4.80. The molecule has 1 aromatic heterocycles. The Bertz CT molecular complexity index is 687. The molecule has 0 saturated carbocycles. The highest BCUT2D eigenvalue weighted by atomic mass is 19.1. The lowest BCUT2D eigenvalue weighted by molar-refractivity contribution is 0.0694. The Hall–Kier alpha value is -2.50. The van der Waals surface area contributed by atoms with Gasteiger partial charge in [0.2, 0.25) is 0 Å². The molecule has 110 valence electrons. The number of nitrogens with zero attached hydrogens (tertiary/aromatic N) is 2. The predicted octanol–water partition coefficient (Wildman–Crippen LogP) is 3.11. The van der Waals surface area contributed by atoms with E-state index in [4.69, 9.17) is 9.84 Å². The highest BCUT2D eigenvalue weighted by molar-refractivity contribution is 5.88. The monoisotopic (exact) mass is 290 g/mol. The molecule has 0 saturated heterocycles. The fraction of sp³-hybridized carbons (Fsp3) is 0.267. The third kappa shape index (κ3) is 2.99. The lowest BCUT2D eigenvalue weighted by Crippen LogP contribution is -2.08. The van der Waals surface area contributed by atoms with Gasteiger partial charge in [0.05, 0.1) is 18.4 Å². The van der Waals surface area contributed by atoms with E-state index in [-0.39, 0.29) is 17.2 Å². The van der Waals surface area contributed by atoms with Gasteiger partial charge in [0.25, 0.3) is 0 Å². The van der Waals surface area contributed by atoms with Crippen molar-refractivity contribution in [1.82, 2.24) is 9.97 Å². The maximum absolute atomic E-state index is 13.4. The molecule has 6 heteroatoms. The summed E-state index contributed by atoms with van der Waals surface area (Å²) < 4.78 is 18.3. The van der Waals surface area contributed by atoms with Crippen molar-refractivity contribution in [2.75, 3.05) is 7.11 Å². The highest BCUT2D eigenvalue weighted by Gasteiger charge is 2.17. The highest BCUT2D eigenvalue weighted by Crippen LogP contribution is 2.26. The number of halogens is 1. The average molecular weight is 290 g/mol. The molecule has 2 aromatic rings. The SMILES string of the molecule is COc1cc(-c2ncc(C(=O)O)c(C(C)C)n2)ccc1F. The first-order valence-electron chi connectivity index (χ1n) is 6.38. The number of carbonyl (C=O) groups is 1. The molecule has 0 radical (unpaired) electrons. The van der Waals surface area contributed by atoms with Gasteiger partial charge in [-0.3, -0.25) is 0 Å². The molecule has 1 aromatic carbocycles. The van der Waals surface area contributed by atoms with E-state index in [0.29, 0.717) is 17.1 Å². The molecule has 2 rings (SSSR count). The van der Waals surface area contributed by atoms with Crippen LogP contribution in [0, 0.1) is 5.82 Å². The summed E-state index contributed by atoms with van der Waals surface area (Å²) >= 11 is 0. The van der Waals surface area contributed by atoms with Crippen LogP contribution in [0.3, 0.4) is 0 Å². The topological polar surface area (TPSA) is 72.3 Å². The Morgan fingerprint density at radius 1 is 1.38 bits per heavy atom. The van der Waals surface area contributed by atoms with Gasteiger partial charge in [0.15, 0.2) is 17.4 Å². The molecule has 0 unspecified atom stereocenters. The molecule has 1 N–H and O–H groups in total. The zero-order valence-corrected chi connectivity index (χ0v) is 11.9. The number of carboxylic acid groups (broad SMARTS) is 1. The summed E-state index contributed by atoms with van der Waals surface area (Å²) in [6.07, 6.45) is 1.27. The first-order valence-corrected chi connectivity index (χ1v) is 6.38. The molecule has 0 fully saturated rings. The minimum atomic E-state index is -1.07. The third-order valence-electron chi connectivity index (χ3n) is 3.00. The largest absolute Gasteiger partial charge is 0.494 e. The maximum Gasteiger partial charge on any atom is 0.339 e. The van der Waals surface area contributed by atoms with Gasteiger partial charge >= 0.3 is 5.97 Å². The number of hydrogen-bond acceptors (Lipinski definition) is 4. The molecule has 0 aliphatic carbocycles. The zero-order valence-electron chi connectivity index (χ0n) is 11.9. The van der Waals surface area contributed by atoms with Crippen LogP contribution in [0.1, 0.15) is 35.8 Å². The lowest BCUT2D eigenvalue weighted by atomic mass is 10.0. The van der Waals surface area contributed by atoms with Crippen LogP contribution < -0.4 is 4.74 Å². The minimum Gasteiger partial charge on any atom is -0.494 e. The van der Waals surface area contributed by atoms with Gasteiger partial charge in [-0.15, -0.1) is 0 Å². The van der Waals surface area contributed by atoms with Gasteiger partial charge in [-0.1, -0.05) is 13.8 Å². The Morgan fingerprint density at radius 3 is 2.67 bits per heavy atom. The summed E-state index contributed by atoms with van der Waals surface area (Å²) in [5.41, 5.74) is 1.07. The molecule has 0 amide bonds. The van der Waals surface area contributed by atoms with E-state index in [1.807, 2.05) is 13.8 Å². The second-order valence-corrected chi connectivity index (χ2v) is 4.80. The molecule has 0 bridgehead atoms. The van der Waals surface area contributed by atoms with Crippen molar-refractivity contribution in [3.8, 4) is 17.1 Å². The van der Waals surface area contributed by atoms with Crippen molar-refractivity contribution in [3.63, 3.8) is 0 Å². The Balaban J connectivity index is 2.55. The molecule has 21 heavy (non-hydrogen) atoms. The van der Waals surface area contributed by atoms with Gasteiger partial charge in [0.1, 0.15) is 0 Å². The lowest BCUT2D eigenvalue weighted by Gasteiger charge is -2.11. The molecular weight excluding hydrogens is 275 g/mol. The maximum atomic E-state index is 13.4. The van der Waals surface area contributed by atoms with Crippen molar-refractivity contribution in [2.45, 2.75) is 19.8 Å². The van der Waals surface area contributed by atoms with E-state index in [0.717, 1.165) is 0 Å². The van der Waals surface area contributed by atoms with Crippen molar-refractivity contribution < 1.29 is 19.0 Å². The molecule has 0 aliphatic heterocycles. The van der Waals surface area contributed by atoms with Gasteiger partial charge in [0, 0.05) is 11.8 Å². The Morgan fingerprint density at radius 2 is 2.10 bits per heavy atom. The summed E-state index contributed by atoms with van der Waals surface area (Å²) in [6, 6.07) is 4.27. The molecule has 0 aliphatic rings. The smallest absolute Gasteiger partial charge is 0.339 e. The van der Waals surface area contributed by atoms with E-state index in [9.17, 15) is 9.18 Å². The number of ether oxygens (including phenoxy) is 1. The van der Waals surface area contributed by atoms with Gasteiger partial charge in [-0.25, -0.2) is 19.2 Å². The van der Waals surface area contributed by atoms with Crippen LogP contribution in [0.5, 0.6) is 5.75 Å². The van der Waals surface area contributed by atoms with Crippen LogP contribution in [-0.2, 0) is 0 Å². The summed E-state index contributed by atoms with van der Waals surface area (Å²) in [6.45, 7) is 3.70. The predicted molar refractivity (Wildman–Crippen MR) is 75.0 cm³/mol. The summed E-state index contributed by atoms with van der Waals surface area (Å²) in [4.78, 5) is 19.5. The van der Waals surface area contributed by atoms with Gasteiger partial charge in [-0.2, -0.15) is 0 Å². The third-order valence-corrected chi connectivity index (χ3v) is 3.00. The van der Waals surface area contributed by atoms with Crippen molar-refractivity contribution in [3.05, 3.63) is 41.5 Å². The normalized spacial score (nSPS) is 10.7. The molecule has 0 atom stereocenters. The van der Waals surface area contributed by atoms with Crippen LogP contribution in [0.15, 0.2) is 24.4 Å². The number of benzene rings is 1. The number of rotatable bonds is 4. The standard InChI is InChI=1S/C15H15FN2O3/c1-8(2)13-10(15(19)20)7-17-14(18-13)9-4-5-11(16)12(6-9)21-3/h4-8H,1-3H3,(H,19,20). The number of aromatic nitrogens is 2. The van der Waals surface area contributed by atoms with Crippen molar-refractivity contribution in [1.29, 1.82) is 0 Å². The van der Waals surface area contributed by atoms with Gasteiger partial charge in [-0.05, 0) is 24.1 Å². The summed E-state index contributed by atoms with van der Waals surface area (Å²) in [5.74, 6) is -1.19. The number of hydrogen-bond donors (Lipinski definition) is 1. The molecule has 5 nitrogen and oxygen atoms in total. The van der Waals surface area contributed by atoms with Crippen LogP contribution in [-0.4, -0.2) is 28.2 Å². The molecular formula is C15H15FN2O3. The van der Waals surface area contributed by atoms with Gasteiger partial charge < -0.3 is 9.84 Å². The number of carboxylic acids is 1. The van der Waals surface area contributed by atoms with Crippen molar-refractivity contribution in [2.24, 2.45) is 0 Å². The second kappa shape index (κ2) is 5.87. The quantitative estimate of drug-likeness (QED) is 0.936. The first-order chi connectivity index (χ1) is 9.93. The fourth-order valence-corrected chi connectivity index (χ4v) is 1.94. The van der Waals surface area contributed by atoms with Crippen LogP contribution in [0.2, 0.25) is 0 Å². The molecule has 0 spiro atoms. The fourth-order valence-electron chi connectivity index (χ4n) is 1.94. The van der Waals surface area contributed by atoms with Crippen LogP contribution >= 0.6 is 0 Å². The zero-order chi connectivity index (χ0) is 15.6. The summed E-state index contributed by atoms with van der Waals surface area (Å²) in [7, 11) is 1.37. The Labute approximate surface area is 121 Å². The Kier molecular flexibility index (Phi) is 4.16. The van der Waals surface area contributed by atoms with E-state index < -0.39 is 11.8 Å². The van der Waals surface area contributed by atoms with E-state index in [1.165, 1.54) is 31.5 Å². The van der Waals surface area contributed by atoms with E-state index >= 15 is 0 Å². The van der Waals surface area contributed by atoms with E-state index in [1.54, 1.807) is 0 Å².